The SMILES string of the molecule is CC1(c2noc(Br)n2)CCS(=O)(=O)C1. The van der Waals surface area contributed by atoms with Crippen molar-refractivity contribution < 1.29 is 12.9 Å². The molecule has 7 heteroatoms. The van der Waals surface area contributed by atoms with Gasteiger partial charge in [0.25, 0.3) is 4.80 Å². The van der Waals surface area contributed by atoms with Gasteiger partial charge in [-0.1, -0.05) is 12.1 Å². The molecule has 1 aromatic heterocycles. The lowest BCUT2D eigenvalue weighted by atomic mass is 9.90. The van der Waals surface area contributed by atoms with Gasteiger partial charge in [0.05, 0.1) is 11.5 Å². The largest absolute Gasteiger partial charge is 0.327 e. The van der Waals surface area contributed by atoms with Gasteiger partial charge in [0.15, 0.2) is 15.7 Å². The molecule has 1 aromatic rings. The maximum absolute atomic E-state index is 11.3. The molecule has 0 saturated carbocycles. The zero-order valence-electron chi connectivity index (χ0n) is 7.53. The first kappa shape index (κ1) is 10.1. The highest BCUT2D eigenvalue weighted by Gasteiger charge is 2.43. The summed E-state index contributed by atoms with van der Waals surface area (Å²) in [5, 5.41) is 3.74. The first-order chi connectivity index (χ1) is 6.41. The van der Waals surface area contributed by atoms with E-state index in [1.807, 2.05) is 6.92 Å². The summed E-state index contributed by atoms with van der Waals surface area (Å²) >= 11 is 3.04. The third-order valence-corrected chi connectivity index (χ3v) is 4.67. The lowest BCUT2D eigenvalue weighted by Gasteiger charge is -2.15. The number of nitrogens with zero attached hydrogens (tertiary/aromatic N) is 2. The van der Waals surface area contributed by atoms with Crippen molar-refractivity contribution in [3.8, 4) is 0 Å². The molecule has 1 aliphatic rings. The van der Waals surface area contributed by atoms with E-state index in [2.05, 4.69) is 26.1 Å². The summed E-state index contributed by atoms with van der Waals surface area (Å²) in [6, 6.07) is 0. The van der Waals surface area contributed by atoms with Gasteiger partial charge in [0, 0.05) is 21.3 Å². The van der Waals surface area contributed by atoms with Crippen LogP contribution in [-0.2, 0) is 15.3 Å². The fourth-order valence-electron chi connectivity index (χ4n) is 1.64. The molecule has 1 atom stereocenters. The Labute approximate surface area is 89.9 Å². The van der Waals surface area contributed by atoms with Crippen LogP contribution in [0.5, 0.6) is 0 Å². The van der Waals surface area contributed by atoms with Gasteiger partial charge in [-0.2, -0.15) is 4.98 Å². The maximum atomic E-state index is 11.3. The van der Waals surface area contributed by atoms with Gasteiger partial charge < -0.3 is 4.52 Å². The average molecular weight is 281 g/mol. The van der Waals surface area contributed by atoms with Crippen molar-refractivity contribution in [1.29, 1.82) is 0 Å². The number of aromatic nitrogens is 2. The van der Waals surface area contributed by atoms with Crippen LogP contribution in [0.25, 0.3) is 0 Å². The zero-order chi connectivity index (χ0) is 10.4. The molecule has 2 heterocycles. The van der Waals surface area contributed by atoms with E-state index in [1.165, 1.54) is 0 Å². The average Bonchev–Trinajstić information content (AvgIpc) is 2.57. The molecule has 0 aliphatic carbocycles. The van der Waals surface area contributed by atoms with Crippen LogP contribution >= 0.6 is 15.9 Å². The highest BCUT2D eigenvalue weighted by atomic mass is 79.9. The van der Waals surface area contributed by atoms with Gasteiger partial charge in [-0.15, -0.1) is 0 Å². The molecule has 0 radical (unpaired) electrons. The van der Waals surface area contributed by atoms with Crippen molar-refractivity contribution in [1.82, 2.24) is 10.1 Å². The summed E-state index contributed by atoms with van der Waals surface area (Å²) in [7, 11) is -2.93. The highest BCUT2D eigenvalue weighted by Crippen LogP contribution is 2.34. The van der Waals surface area contributed by atoms with Gasteiger partial charge in [-0.25, -0.2) is 8.42 Å². The van der Waals surface area contributed by atoms with Crippen LogP contribution in [0.2, 0.25) is 0 Å². The first-order valence-corrected chi connectivity index (χ1v) is 6.73. The zero-order valence-corrected chi connectivity index (χ0v) is 9.93. The van der Waals surface area contributed by atoms with Crippen molar-refractivity contribution in [3.63, 3.8) is 0 Å². The molecule has 0 bridgehead atoms. The molecule has 0 N–H and O–H groups in total. The smallest absolute Gasteiger partial charge is 0.293 e. The van der Waals surface area contributed by atoms with Crippen molar-refractivity contribution >= 4 is 25.8 Å². The second kappa shape index (κ2) is 3.03. The molecule has 2 rings (SSSR count). The Morgan fingerprint density at radius 1 is 1.57 bits per heavy atom. The molecular formula is C7H9BrN2O3S. The normalized spacial score (nSPS) is 30.7. The van der Waals surface area contributed by atoms with Crippen molar-refractivity contribution in [3.05, 3.63) is 10.6 Å². The van der Waals surface area contributed by atoms with Crippen molar-refractivity contribution in [2.45, 2.75) is 18.8 Å². The van der Waals surface area contributed by atoms with Crippen molar-refractivity contribution in [2.75, 3.05) is 11.5 Å². The fraction of sp³-hybridized carbons (Fsp3) is 0.714. The summed E-state index contributed by atoms with van der Waals surface area (Å²) < 4.78 is 27.4. The number of hydrogen-bond acceptors (Lipinski definition) is 5. The predicted octanol–water partition coefficient (Wildman–Crippen LogP) is 0.908. The van der Waals surface area contributed by atoms with Crippen LogP contribution in [0.3, 0.4) is 0 Å². The predicted molar refractivity (Wildman–Crippen MR) is 52.6 cm³/mol. The number of halogens is 1. The Hall–Kier alpha value is -0.430. The van der Waals surface area contributed by atoms with Crippen LogP contribution in [0.15, 0.2) is 9.32 Å². The van der Waals surface area contributed by atoms with Gasteiger partial charge in [0.1, 0.15) is 0 Å². The van der Waals surface area contributed by atoms with Crippen LogP contribution < -0.4 is 0 Å². The van der Waals surface area contributed by atoms with E-state index < -0.39 is 15.3 Å². The fourth-order valence-corrected chi connectivity index (χ4v) is 4.03. The number of sulfone groups is 1. The lowest BCUT2D eigenvalue weighted by molar-refractivity contribution is 0.372. The van der Waals surface area contributed by atoms with E-state index in [1.54, 1.807) is 0 Å². The van der Waals surface area contributed by atoms with E-state index in [4.69, 9.17) is 4.52 Å². The van der Waals surface area contributed by atoms with Gasteiger partial charge in [0.2, 0.25) is 0 Å². The Bertz CT molecular complexity index is 455. The van der Waals surface area contributed by atoms with E-state index in [0.29, 0.717) is 12.2 Å². The summed E-state index contributed by atoms with van der Waals surface area (Å²) in [6.45, 7) is 1.84. The van der Waals surface area contributed by atoms with Crippen LogP contribution in [-0.4, -0.2) is 30.1 Å². The molecule has 1 fully saturated rings. The standard InChI is InChI=1S/C7H9BrN2O3S/c1-7(2-3-14(11,12)4-7)5-9-6(8)13-10-5/h2-4H2,1H3. The minimum atomic E-state index is -2.93. The Morgan fingerprint density at radius 2 is 2.29 bits per heavy atom. The number of rotatable bonds is 1. The summed E-state index contributed by atoms with van der Waals surface area (Å²) in [5.74, 6) is 0.771. The highest BCUT2D eigenvalue weighted by molar-refractivity contribution is 9.10. The van der Waals surface area contributed by atoms with Crippen LogP contribution in [0.4, 0.5) is 0 Å². The van der Waals surface area contributed by atoms with Crippen LogP contribution in [0, 0.1) is 0 Å². The summed E-state index contributed by atoms with van der Waals surface area (Å²) in [4.78, 5) is 4.29. The monoisotopic (exact) mass is 280 g/mol. The molecule has 14 heavy (non-hydrogen) atoms. The second-order valence-corrected chi connectivity index (χ2v) is 6.64. The third kappa shape index (κ3) is 1.70. The minimum absolute atomic E-state index is 0.103. The molecule has 5 nitrogen and oxygen atoms in total. The second-order valence-electron chi connectivity index (χ2n) is 3.77. The topological polar surface area (TPSA) is 73.1 Å². The van der Waals surface area contributed by atoms with E-state index in [0.717, 1.165) is 0 Å². The molecule has 1 unspecified atom stereocenters. The quantitative estimate of drug-likeness (QED) is 0.765. The number of hydrogen-bond donors (Lipinski definition) is 0. The molecule has 1 saturated heterocycles. The molecule has 0 aromatic carbocycles. The summed E-state index contributed by atoms with van der Waals surface area (Å²) in [6.07, 6.45) is 0.557. The Morgan fingerprint density at radius 3 is 2.71 bits per heavy atom. The van der Waals surface area contributed by atoms with E-state index >= 15 is 0 Å². The Balaban J connectivity index is 2.36. The minimum Gasteiger partial charge on any atom is -0.327 e. The van der Waals surface area contributed by atoms with E-state index in [9.17, 15) is 8.42 Å². The molecule has 78 valence electrons. The lowest BCUT2D eigenvalue weighted by Crippen LogP contribution is -2.24. The third-order valence-electron chi connectivity index (χ3n) is 2.44. The van der Waals surface area contributed by atoms with Gasteiger partial charge in [-0.05, 0) is 6.42 Å². The molecule has 0 amide bonds. The summed E-state index contributed by atoms with van der Waals surface area (Å²) in [5.41, 5.74) is -0.492. The molecule has 0 spiro atoms. The molecule has 1 aliphatic heterocycles. The van der Waals surface area contributed by atoms with Crippen LogP contribution in [0.1, 0.15) is 19.2 Å². The Kier molecular flexibility index (Phi) is 2.19. The van der Waals surface area contributed by atoms with Gasteiger partial charge >= 0.3 is 0 Å². The van der Waals surface area contributed by atoms with Gasteiger partial charge in [-0.3, -0.25) is 0 Å². The molecular weight excluding hydrogens is 272 g/mol. The van der Waals surface area contributed by atoms with E-state index in [-0.39, 0.29) is 16.3 Å². The maximum Gasteiger partial charge on any atom is 0.293 e. The van der Waals surface area contributed by atoms with Crippen molar-refractivity contribution in [2.24, 2.45) is 0 Å². The first-order valence-electron chi connectivity index (χ1n) is 4.11.